The zero-order chi connectivity index (χ0) is 16.8. The lowest BCUT2D eigenvalue weighted by Crippen LogP contribution is -2.32. The van der Waals surface area contributed by atoms with Gasteiger partial charge in [0, 0.05) is 10.7 Å². The predicted molar refractivity (Wildman–Crippen MR) is 91.7 cm³/mol. The van der Waals surface area contributed by atoms with Crippen LogP contribution in [0.2, 0.25) is 5.02 Å². The summed E-state index contributed by atoms with van der Waals surface area (Å²) in [6.45, 7) is 3.81. The van der Waals surface area contributed by atoms with Gasteiger partial charge in [0.05, 0.1) is 6.21 Å². The van der Waals surface area contributed by atoms with E-state index in [4.69, 9.17) is 11.6 Å². The van der Waals surface area contributed by atoms with E-state index < -0.39 is 11.8 Å². The van der Waals surface area contributed by atoms with Crippen LogP contribution in [0, 0.1) is 13.8 Å². The fourth-order valence-electron chi connectivity index (χ4n) is 1.94. The second kappa shape index (κ2) is 7.56. The summed E-state index contributed by atoms with van der Waals surface area (Å²) in [6, 6.07) is 12.5. The van der Waals surface area contributed by atoms with Gasteiger partial charge in [0.1, 0.15) is 0 Å². The zero-order valence-electron chi connectivity index (χ0n) is 12.8. The Hall–Kier alpha value is -2.66. The molecule has 0 aromatic heterocycles. The quantitative estimate of drug-likeness (QED) is 0.516. The molecule has 0 radical (unpaired) electrons. The van der Waals surface area contributed by atoms with E-state index in [1.165, 1.54) is 6.21 Å². The van der Waals surface area contributed by atoms with E-state index in [1.807, 2.05) is 26.0 Å². The third-order valence-electron chi connectivity index (χ3n) is 3.06. The van der Waals surface area contributed by atoms with E-state index in [0.717, 1.165) is 11.1 Å². The van der Waals surface area contributed by atoms with Crippen LogP contribution in [0.5, 0.6) is 0 Å². The van der Waals surface area contributed by atoms with Gasteiger partial charge in [-0.1, -0.05) is 41.4 Å². The first kappa shape index (κ1) is 16.7. The number of anilines is 1. The Kier molecular flexibility index (Phi) is 5.49. The first-order valence-electron chi connectivity index (χ1n) is 6.93. The number of nitrogens with zero attached hydrogens (tertiary/aromatic N) is 1. The van der Waals surface area contributed by atoms with Crippen molar-refractivity contribution in [2.24, 2.45) is 5.10 Å². The van der Waals surface area contributed by atoms with Gasteiger partial charge in [-0.3, -0.25) is 9.59 Å². The second-order valence-corrected chi connectivity index (χ2v) is 5.46. The minimum absolute atomic E-state index is 0.563. The molecule has 0 spiro atoms. The van der Waals surface area contributed by atoms with Crippen LogP contribution in [0.4, 0.5) is 5.69 Å². The molecule has 118 valence electrons. The molecule has 6 heteroatoms. The number of carbonyl (C=O) groups is 2. The van der Waals surface area contributed by atoms with E-state index in [-0.39, 0.29) is 0 Å². The maximum Gasteiger partial charge on any atom is 0.329 e. The van der Waals surface area contributed by atoms with E-state index in [2.05, 4.69) is 15.8 Å². The highest BCUT2D eigenvalue weighted by molar-refractivity contribution is 6.39. The van der Waals surface area contributed by atoms with Gasteiger partial charge in [-0.05, 0) is 43.2 Å². The summed E-state index contributed by atoms with van der Waals surface area (Å²) in [4.78, 5) is 23.5. The molecule has 0 bridgehead atoms. The number of halogens is 1. The van der Waals surface area contributed by atoms with Gasteiger partial charge in [-0.25, -0.2) is 5.43 Å². The molecule has 0 aliphatic carbocycles. The third kappa shape index (κ3) is 4.93. The number of rotatable bonds is 3. The van der Waals surface area contributed by atoms with Crippen molar-refractivity contribution in [3.63, 3.8) is 0 Å². The first-order chi connectivity index (χ1) is 11.0. The molecule has 0 unspecified atom stereocenters. The van der Waals surface area contributed by atoms with Crippen LogP contribution in [-0.4, -0.2) is 18.0 Å². The van der Waals surface area contributed by atoms with E-state index in [0.29, 0.717) is 16.3 Å². The Bertz CT molecular complexity index is 772. The molecule has 2 amide bonds. The van der Waals surface area contributed by atoms with Crippen LogP contribution in [0.1, 0.15) is 16.7 Å². The van der Waals surface area contributed by atoms with Gasteiger partial charge in [0.15, 0.2) is 0 Å². The smallest absolute Gasteiger partial charge is 0.317 e. The SMILES string of the molecule is Cc1ccc(NC(=O)C(=O)NN=Cc2cccc(Cl)c2)c(C)c1. The van der Waals surface area contributed by atoms with Crippen molar-refractivity contribution in [2.75, 3.05) is 5.32 Å². The normalized spacial score (nSPS) is 10.6. The third-order valence-corrected chi connectivity index (χ3v) is 3.30. The molecule has 5 nitrogen and oxygen atoms in total. The summed E-state index contributed by atoms with van der Waals surface area (Å²) < 4.78 is 0. The van der Waals surface area contributed by atoms with Crippen molar-refractivity contribution in [1.29, 1.82) is 0 Å². The standard InChI is InChI=1S/C17H16ClN3O2/c1-11-6-7-15(12(2)8-11)20-16(22)17(23)21-19-10-13-4-3-5-14(18)9-13/h3-10H,1-2H3,(H,20,22)(H,21,23). The molecule has 0 fully saturated rings. The summed E-state index contributed by atoms with van der Waals surface area (Å²) in [7, 11) is 0. The summed E-state index contributed by atoms with van der Waals surface area (Å²) in [5, 5.41) is 6.85. The fraction of sp³-hybridized carbons (Fsp3) is 0.118. The lowest BCUT2D eigenvalue weighted by Gasteiger charge is -2.08. The van der Waals surface area contributed by atoms with Gasteiger partial charge in [-0.15, -0.1) is 0 Å². The monoisotopic (exact) mass is 329 g/mol. The first-order valence-corrected chi connectivity index (χ1v) is 7.31. The number of hydrogen-bond acceptors (Lipinski definition) is 3. The van der Waals surface area contributed by atoms with E-state index in [9.17, 15) is 9.59 Å². The highest BCUT2D eigenvalue weighted by Crippen LogP contribution is 2.15. The molecule has 0 saturated heterocycles. The van der Waals surface area contributed by atoms with E-state index in [1.54, 1.807) is 30.3 Å². The maximum absolute atomic E-state index is 11.8. The molecule has 2 N–H and O–H groups in total. The highest BCUT2D eigenvalue weighted by Gasteiger charge is 2.13. The van der Waals surface area contributed by atoms with Crippen LogP contribution in [0.15, 0.2) is 47.6 Å². The molecule has 2 rings (SSSR count). The number of carbonyl (C=O) groups excluding carboxylic acids is 2. The molecule has 2 aromatic carbocycles. The summed E-state index contributed by atoms with van der Waals surface area (Å²) >= 11 is 5.84. The molecule has 0 aliphatic heterocycles. The molecule has 0 heterocycles. The van der Waals surface area contributed by atoms with Crippen molar-refractivity contribution in [3.05, 3.63) is 64.2 Å². The van der Waals surface area contributed by atoms with Crippen LogP contribution in [0.3, 0.4) is 0 Å². The minimum atomic E-state index is -0.844. The molecule has 0 atom stereocenters. The Morgan fingerprint density at radius 1 is 1.09 bits per heavy atom. The van der Waals surface area contributed by atoms with Crippen molar-refractivity contribution >= 4 is 35.3 Å². The maximum atomic E-state index is 11.8. The van der Waals surface area contributed by atoms with Gasteiger partial charge in [0.2, 0.25) is 0 Å². The molecular formula is C17H16ClN3O2. The second-order valence-electron chi connectivity index (χ2n) is 5.03. The summed E-state index contributed by atoms with van der Waals surface area (Å²) in [5.41, 5.74) is 5.45. The number of hydrogen-bond donors (Lipinski definition) is 2. The zero-order valence-corrected chi connectivity index (χ0v) is 13.5. The van der Waals surface area contributed by atoms with Crippen molar-refractivity contribution in [3.8, 4) is 0 Å². The summed E-state index contributed by atoms with van der Waals surface area (Å²) in [6.07, 6.45) is 1.41. The Balaban J connectivity index is 1.93. The predicted octanol–water partition coefficient (Wildman–Crippen LogP) is 3.05. The molecular weight excluding hydrogens is 314 g/mol. The Morgan fingerprint density at radius 2 is 1.87 bits per heavy atom. The van der Waals surface area contributed by atoms with Crippen LogP contribution in [-0.2, 0) is 9.59 Å². The van der Waals surface area contributed by atoms with Gasteiger partial charge in [-0.2, -0.15) is 5.10 Å². The Morgan fingerprint density at radius 3 is 2.57 bits per heavy atom. The molecule has 23 heavy (non-hydrogen) atoms. The average molecular weight is 330 g/mol. The van der Waals surface area contributed by atoms with Crippen molar-refractivity contribution in [2.45, 2.75) is 13.8 Å². The Labute approximate surface area is 139 Å². The van der Waals surface area contributed by atoms with Gasteiger partial charge in [0.25, 0.3) is 0 Å². The number of hydrazone groups is 1. The number of benzene rings is 2. The average Bonchev–Trinajstić information content (AvgIpc) is 2.50. The summed E-state index contributed by atoms with van der Waals surface area (Å²) in [5.74, 6) is -1.62. The lowest BCUT2D eigenvalue weighted by atomic mass is 10.1. The minimum Gasteiger partial charge on any atom is -0.317 e. The van der Waals surface area contributed by atoms with Crippen molar-refractivity contribution < 1.29 is 9.59 Å². The molecule has 0 saturated carbocycles. The van der Waals surface area contributed by atoms with Gasteiger partial charge >= 0.3 is 11.8 Å². The fourth-order valence-corrected chi connectivity index (χ4v) is 2.13. The highest BCUT2D eigenvalue weighted by atomic mass is 35.5. The number of aryl methyl sites for hydroxylation is 2. The lowest BCUT2D eigenvalue weighted by molar-refractivity contribution is -0.136. The van der Waals surface area contributed by atoms with Crippen molar-refractivity contribution in [1.82, 2.24) is 5.43 Å². The van der Waals surface area contributed by atoms with Crippen LogP contribution < -0.4 is 10.7 Å². The van der Waals surface area contributed by atoms with Crippen LogP contribution >= 0.6 is 11.6 Å². The topological polar surface area (TPSA) is 70.6 Å². The van der Waals surface area contributed by atoms with E-state index >= 15 is 0 Å². The number of amides is 2. The number of nitrogens with one attached hydrogen (secondary N) is 2. The molecule has 2 aromatic rings. The van der Waals surface area contributed by atoms with Crippen LogP contribution in [0.25, 0.3) is 0 Å². The molecule has 0 aliphatic rings. The largest absolute Gasteiger partial charge is 0.329 e. The van der Waals surface area contributed by atoms with Gasteiger partial charge < -0.3 is 5.32 Å².